The molecule has 0 atom stereocenters. The van der Waals surface area contributed by atoms with Crippen LogP contribution in [-0.2, 0) is 13.1 Å². The molecule has 1 saturated carbocycles. The van der Waals surface area contributed by atoms with Crippen LogP contribution in [-0.4, -0.2) is 16.1 Å². The molecular weight excluding hydrogens is 190 g/mol. The summed E-state index contributed by atoms with van der Waals surface area (Å²) < 4.78 is 1.98. The first-order chi connectivity index (χ1) is 7.40. The van der Waals surface area contributed by atoms with Gasteiger partial charge in [-0.2, -0.15) is 5.10 Å². The SMILES string of the molecule is O=Cc1c2c(nn1C1CCCC1)CNC2. The zero-order valence-corrected chi connectivity index (χ0v) is 8.70. The smallest absolute Gasteiger partial charge is 0.168 e. The average Bonchev–Trinajstić information content (AvgIpc) is 2.93. The van der Waals surface area contributed by atoms with Crippen LogP contribution in [0.3, 0.4) is 0 Å². The fraction of sp³-hybridized carbons (Fsp3) is 0.636. The van der Waals surface area contributed by atoms with Gasteiger partial charge < -0.3 is 5.32 Å². The largest absolute Gasteiger partial charge is 0.307 e. The molecule has 0 aromatic carbocycles. The Morgan fingerprint density at radius 1 is 1.33 bits per heavy atom. The highest BCUT2D eigenvalue weighted by molar-refractivity contribution is 5.75. The third-order valence-corrected chi connectivity index (χ3v) is 3.51. The van der Waals surface area contributed by atoms with E-state index in [2.05, 4.69) is 10.4 Å². The second-order valence-corrected chi connectivity index (χ2v) is 4.41. The van der Waals surface area contributed by atoms with E-state index in [0.717, 1.165) is 36.3 Å². The van der Waals surface area contributed by atoms with Crippen molar-refractivity contribution < 1.29 is 4.79 Å². The summed E-state index contributed by atoms with van der Waals surface area (Å²) in [4.78, 5) is 11.1. The molecule has 0 unspecified atom stereocenters. The molecule has 0 spiro atoms. The van der Waals surface area contributed by atoms with Crippen molar-refractivity contribution in [1.82, 2.24) is 15.1 Å². The number of carbonyl (C=O) groups excluding carboxylic acids is 1. The highest BCUT2D eigenvalue weighted by Gasteiger charge is 2.26. The second-order valence-electron chi connectivity index (χ2n) is 4.41. The van der Waals surface area contributed by atoms with E-state index in [-0.39, 0.29) is 0 Å². The zero-order chi connectivity index (χ0) is 10.3. The standard InChI is InChI=1S/C11H15N3O/c15-7-11-9-5-12-6-10(9)13-14(11)8-3-1-2-4-8/h7-8,12H,1-6H2. The molecule has 1 aliphatic carbocycles. The minimum atomic E-state index is 0.468. The monoisotopic (exact) mass is 205 g/mol. The van der Waals surface area contributed by atoms with E-state index in [1.807, 2.05) is 4.68 Å². The molecule has 0 radical (unpaired) electrons. The molecule has 1 aromatic heterocycles. The summed E-state index contributed by atoms with van der Waals surface area (Å²) in [5, 5.41) is 7.79. The highest BCUT2D eigenvalue weighted by atomic mass is 16.1. The molecule has 2 heterocycles. The number of hydrogen-bond donors (Lipinski definition) is 1. The van der Waals surface area contributed by atoms with Crippen LogP contribution < -0.4 is 5.32 Å². The van der Waals surface area contributed by atoms with Crippen LogP contribution in [0.25, 0.3) is 0 Å². The Labute approximate surface area is 88.7 Å². The molecule has 1 aromatic rings. The topological polar surface area (TPSA) is 46.9 Å². The normalized spacial score (nSPS) is 20.8. The maximum absolute atomic E-state index is 11.1. The Bertz CT molecular complexity index is 391. The lowest BCUT2D eigenvalue weighted by Gasteiger charge is -2.12. The van der Waals surface area contributed by atoms with Gasteiger partial charge in [0.05, 0.1) is 11.7 Å². The number of fused-ring (bicyclic) bond motifs is 1. The van der Waals surface area contributed by atoms with Crippen LogP contribution in [0.2, 0.25) is 0 Å². The van der Waals surface area contributed by atoms with Crippen molar-refractivity contribution in [3.63, 3.8) is 0 Å². The van der Waals surface area contributed by atoms with E-state index in [4.69, 9.17) is 0 Å². The van der Waals surface area contributed by atoms with Gasteiger partial charge in [-0.3, -0.25) is 9.48 Å². The third-order valence-electron chi connectivity index (χ3n) is 3.51. The van der Waals surface area contributed by atoms with Gasteiger partial charge in [-0.1, -0.05) is 12.8 Å². The van der Waals surface area contributed by atoms with Gasteiger partial charge in [0, 0.05) is 18.7 Å². The molecule has 80 valence electrons. The summed E-state index contributed by atoms with van der Waals surface area (Å²) in [6, 6.07) is 0.468. The Balaban J connectivity index is 2.03. The molecule has 3 rings (SSSR count). The molecule has 2 aliphatic rings. The van der Waals surface area contributed by atoms with E-state index >= 15 is 0 Å². The summed E-state index contributed by atoms with van der Waals surface area (Å²) >= 11 is 0. The predicted molar refractivity (Wildman–Crippen MR) is 55.7 cm³/mol. The fourth-order valence-corrected chi connectivity index (χ4v) is 2.72. The van der Waals surface area contributed by atoms with Crippen LogP contribution in [0.1, 0.15) is 53.5 Å². The van der Waals surface area contributed by atoms with E-state index in [0.29, 0.717) is 6.04 Å². The molecule has 1 fully saturated rings. The predicted octanol–water partition coefficient (Wildman–Crippen LogP) is 1.41. The van der Waals surface area contributed by atoms with Gasteiger partial charge in [-0.05, 0) is 12.8 Å². The van der Waals surface area contributed by atoms with Crippen LogP contribution in [0.5, 0.6) is 0 Å². The highest BCUT2D eigenvalue weighted by Crippen LogP contribution is 2.32. The van der Waals surface area contributed by atoms with Crippen molar-refractivity contribution in [2.75, 3.05) is 0 Å². The van der Waals surface area contributed by atoms with Gasteiger partial charge in [0.2, 0.25) is 0 Å². The Hall–Kier alpha value is -1.16. The number of rotatable bonds is 2. The molecule has 4 heteroatoms. The number of hydrogen-bond acceptors (Lipinski definition) is 3. The summed E-state index contributed by atoms with van der Waals surface area (Å²) in [6.07, 6.45) is 5.86. The van der Waals surface area contributed by atoms with Gasteiger partial charge in [0.25, 0.3) is 0 Å². The molecule has 0 saturated heterocycles. The van der Waals surface area contributed by atoms with Gasteiger partial charge in [-0.25, -0.2) is 0 Å². The first kappa shape index (κ1) is 9.09. The van der Waals surface area contributed by atoms with Gasteiger partial charge in [0.15, 0.2) is 6.29 Å². The van der Waals surface area contributed by atoms with Crippen LogP contribution in [0.4, 0.5) is 0 Å². The molecule has 1 aliphatic heterocycles. The number of nitrogens with one attached hydrogen (secondary N) is 1. The Kier molecular flexibility index (Phi) is 2.09. The number of aldehydes is 1. The molecular formula is C11H15N3O. The first-order valence-electron chi connectivity index (χ1n) is 5.66. The van der Waals surface area contributed by atoms with Gasteiger partial charge in [-0.15, -0.1) is 0 Å². The quantitative estimate of drug-likeness (QED) is 0.743. The van der Waals surface area contributed by atoms with E-state index in [9.17, 15) is 4.79 Å². The van der Waals surface area contributed by atoms with Crippen molar-refractivity contribution in [3.05, 3.63) is 17.0 Å². The second kappa shape index (κ2) is 3.45. The van der Waals surface area contributed by atoms with Crippen LogP contribution >= 0.6 is 0 Å². The van der Waals surface area contributed by atoms with E-state index in [1.54, 1.807) is 0 Å². The van der Waals surface area contributed by atoms with Crippen molar-refractivity contribution in [3.8, 4) is 0 Å². The maximum atomic E-state index is 11.1. The average molecular weight is 205 g/mol. The number of carbonyl (C=O) groups is 1. The number of nitrogens with zero attached hydrogens (tertiary/aromatic N) is 2. The molecule has 0 bridgehead atoms. The van der Waals surface area contributed by atoms with Gasteiger partial charge in [0.1, 0.15) is 5.69 Å². The lowest BCUT2D eigenvalue weighted by Crippen LogP contribution is -2.14. The van der Waals surface area contributed by atoms with Crippen molar-refractivity contribution >= 4 is 6.29 Å². The first-order valence-corrected chi connectivity index (χ1v) is 5.66. The Morgan fingerprint density at radius 3 is 2.87 bits per heavy atom. The summed E-state index contributed by atoms with van der Waals surface area (Å²) in [7, 11) is 0. The van der Waals surface area contributed by atoms with Crippen molar-refractivity contribution in [2.45, 2.75) is 44.8 Å². The van der Waals surface area contributed by atoms with Gasteiger partial charge >= 0.3 is 0 Å². The molecule has 15 heavy (non-hydrogen) atoms. The zero-order valence-electron chi connectivity index (χ0n) is 8.70. The lowest BCUT2D eigenvalue weighted by molar-refractivity contribution is 0.111. The molecule has 4 nitrogen and oxygen atoms in total. The fourth-order valence-electron chi connectivity index (χ4n) is 2.72. The lowest BCUT2D eigenvalue weighted by atomic mass is 10.2. The van der Waals surface area contributed by atoms with Crippen LogP contribution in [0.15, 0.2) is 0 Å². The summed E-state index contributed by atoms with van der Waals surface area (Å²) in [5.41, 5.74) is 3.00. The molecule has 0 amide bonds. The third kappa shape index (κ3) is 1.32. The minimum Gasteiger partial charge on any atom is -0.307 e. The van der Waals surface area contributed by atoms with Crippen molar-refractivity contribution in [2.24, 2.45) is 0 Å². The summed E-state index contributed by atoms with van der Waals surface area (Å²) in [6.45, 7) is 1.62. The molecule has 1 N–H and O–H groups in total. The maximum Gasteiger partial charge on any atom is 0.168 e. The van der Waals surface area contributed by atoms with Crippen LogP contribution in [0, 0.1) is 0 Å². The van der Waals surface area contributed by atoms with Crippen molar-refractivity contribution in [1.29, 1.82) is 0 Å². The van der Waals surface area contributed by atoms with E-state index in [1.165, 1.54) is 25.7 Å². The Morgan fingerprint density at radius 2 is 2.13 bits per heavy atom. The van der Waals surface area contributed by atoms with E-state index < -0.39 is 0 Å². The summed E-state index contributed by atoms with van der Waals surface area (Å²) in [5.74, 6) is 0. The minimum absolute atomic E-state index is 0.468. The number of aromatic nitrogens is 2.